The average molecular weight is 498 g/mol. The van der Waals surface area contributed by atoms with Crippen molar-refractivity contribution in [3.8, 4) is 10.8 Å². The van der Waals surface area contributed by atoms with Crippen LogP contribution in [0.3, 0.4) is 0 Å². The summed E-state index contributed by atoms with van der Waals surface area (Å²) in [6.45, 7) is 2.72. The molecule has 2 aromatic heterocycles. The molecule has 6 rings (SSSR count). The van der Waals surface area contributed by atoms with Gasteiger partial charge >= 0.3 is 6.03 Å². The van der Waals surface area contributed by atoms with Crippen molar-refractivity contribution in [2.24, 2.45) is 0 Å². The highest BCUT2D eigenvalue weighted by Gasteiger charge is 2.36. The third kappa shape index (κ3) is 3.99. The molecule has 0 saturated carbocycles. The van der Waals surface area contributed by atoms with Gasteiger partial charge in [-0.1, -0.05) is 31.2 Å². The second-order valence-electron chi connectivity index (χ2n) is 9.58. The number of nitrogens with zero attached hydrogens (tertiary/aromatic N) is 2. The monoisotopic (exact) mass is 497 g/mol. The lowest BCUT2D eigenvalue weighted by atomic mass is 9.95. The molecule has 2 amide bonds. The number of anilines is 1. The van der Waals surface area contributed by atoms with E-state index in [1.54, 1.807) is 7.11 Å². The molecule has 1 atom stereocenters. The van der Waals surface area contributed by atoms with Crippen LogP contribution in [0.1, 0.15) is 58.6 Å². The van der Waals surface area contributed by atoms with Gasteiger partial charge in [0, 0.05) is 22.3 Å². The van der Waals surface area contributed by atoms with Crippen molar-refractivity contribution in [3.05, 3.63) is 99.7 Å². The molecule has 0 bridgehead atoms. The van der Waals surface area contributed by atoms with Gasteiger partial charge in [0.2, 0.25) is 0 Å². The summed E-state index contributed by atoms with van der Waals surface area (Å²) >= 11 is 1.91. The highest BCUT2D eigenvalue weighted by Crippen LogP contribution is 2.44. The Morgan fingerprint density at radius 3 is 2.56 bits per heavy atom. The summed E-state index contributed by atoms with van der Waals surface area (Å²) in [6.07, 6.45) is 7.82. The highest BCUT2D eigenvalue weighted by molar-refractivity contribution is 7.15. The zero-order valence-electron chi connectivity index (χ0n) is 20.8. The van der Waals surface area contributed by atoms with E-state index in [1.165, 1.54) is 39.4 Å². The Balaban J connectivity index is 1.46. The first-order valence-corrected chi connectivity index (χ1v) is 13.6. The predicted molar refractivity (Wildman–Crippen MR) is 146 cm³/mol. The molecule has 4 aromatic rings. The number of aromatic nitrogens is 1. The molecule has 1 aliphatic carbocycles. The minimum atomic E-state index is -0.223. The summed E-state index contributed by atoms with van der Waals surface area (Å²) in [6, 6.07) is 20.2. The molecule has 3 heterocycles. The number of fused-ring (bicyclic) bond motifs is 5. The number of amides is 2. The van der Waals surface area contributed by atoms with Crippen molar-refractivity contribution in [2.45, 2.75) is 51.6 Å². The molecule has 0 fully saturated rings. The molecule has 0 saturated heterocycles. The fourth-order valence-corrected chi connectivity index (χ4v) is 6.95. The Labute approximate surface area is 216 Å². The summed E-state index contributed by atoms with van der Waals surface area (Å²) in [7, 11) is 1.68. The molecule has 1 unspecified atom stereocenters. The summed E-state index contributed by atoms with van der Waals surface area (Å²) in [5, 5.41) is 4.46. The molecule has 0 spiro atoms. The molecule has 36 heavy (non-hydrogen) atoms. The van der Waals surface area contributed by atoms with Crippen LogP contribution < -0.4 is 10.1 Å². The van der Waals surface area contributed by atoms with Crippen molar-refractivity contribution in [1.29, 1.82) is 0 Å². The average Bonchev–Trinajstić information content (AvgIpc) is 3.51. The highest BCUT2D eigenvalue weighted by atomic mass is 32.1. The fraction of sp³-hybridized carbons (Fsp3) is 0.300. The van der Waals surface area contributed by atoms with Crippen LogP contribution in [0.15, 0.2) is 66.9 Å². The number of carbonyl (C=O) groups excluding carboxylic acids is 1. The van der Waals surface area contributed by atoms with Gasteiger partial charge in [0.1, 0.15) is 10.8 Å². The molecule has 184 valence electrons. The van der Waals surface area contributed by atoms with Crippen LogP contribution in [0, 0.1) is 0 Å². The number of ether oxygens (including phenoxy) is 1. The molecule has 1 aliphatic heterocycles. The van der Waals surface area contributed by atoms with E-state index in [0.29, 0.717) is 6.54 Å². The van der Waals surface area contributed by atoms with Crippen LogP contribution in [0.25, 0.3) is 5.00 Å². The van der Waals surface area contributed by atoms with E-state index in [0.717, 1.165) is 42.0 Å². The smallest absolute Gasteiger partial charge is 0.322 e. The number of thiophene rings is 1. The number of benzene rings is 2. The minimum Gasteiger partial charge on any atom is -0.497 e. The number of methoxy groups -OCH3 is 1. The van der Waals surface area contributed by atoms with Crippen molar-refractivity contribution < 1.29 is 9.53 Å². The minimum absolute atomic E-state index is 0.0866. The van der Waals surface area contributed by atoms with Crippen molar-refractivity contribution >= 4 is 23.1 Å². The Hall–Kier alpha value is -3.51. The quantitative estimate of drug-likeness (QED) is 0.326. The Morgan fingerprint density at radius 1 is 1.03 bits per heavy atom. The van der Waals surface area contributed by atoms with Gasteiger partial charge in [-0.05, 0) is 85.2 Å². The molecular formula is C30H31N3O2S. The second-order valence-corrected chi connectivity index (χ2v) is 10.7. The molecule has 2 aromatic carbocycles. The van der Waals surface area contributed by atoms with Gasteiger partial charge in [-0.15, -0.1) is 11.3 Å². The first kappa shape index (κ1) is 22.9. The van der Waals surface area contributed by atoms with Gasteiger partial charge in [-0.2, -0.15) is 0 Å². The Bertz CT molecular complexity index is 1380. The van der Waals surface area contributed by atoms with Crippen molar-refractivity contribution in [2.75, 3.05) is 12.4 Å². The van der Waals surface area contributed by atoms with Gasteiger partial charge in [-0.25, -0.2) is 4.79 Å². The third-order valence-corrected chi connectivity index (χ3v) is 8.82. The normalized spacial score (nSPS) is 16.5. The van der Waals surface area contributed by atoms with Gasteiger partial charge < -0.3 is 19.5 Å². The maximum Gasteiger partial charge on any atom is 0.322 e. The van der Waals surface area contributed by atoms with Crippen LogP contribution in [0.2, 0.25) is 0 Å². The maximum absolute atomic E-state index is 14.0. The predicted octanol–water partition coefficient (Wildman–Crippen LogP) is 7.13. The molecule has 2 aliphatic rings. The topological polar surface area (TPSA) is 46.5 Å². The van der Waals surface area contributed by atoms with Crippen LogP contribution in [-0.4, -0.2) is 22.6 Å². The number of hydrogen-bond acceptors (Lipinski definition) is 3. The van der Waals surface area contributed by atoms with Crippen molar-refractivity contribution in [1.82, 2.24) is 9.47 Å². The summed E-state index contributed by atoms with van der Waals surface area (Å²) in [5.74, 6) is 0.808. The summed E-state index contributed by atoms with van der Waals surface area (Å²) < 4.78 is 7.73. The zero-order valence-corrected chi connectivity index (χ0v) is 21.6. The molecular weight excluding hydrogens is 466 g/mol. The molecule has 6 heteroatoms. The zero-order chi connectivity index (χ0) is 24.6. The lowest BCUT2D eigenvalue weighted by Gasteiger charge is -2.31. The van der Waals surface area contributed by atoms with Crippen LogP contribution in [0.5, 0.6) is 5.75 Å². The lowest BCUT2D eigenvalue weighted by Crippen LogP contribution is -2.38. The number of aryl methyl sites for hydroxylation is 2. The summed E-state index contributed by atoms with van der Waals surface area (Å²) in [4.78, 5) is 17.5. The van der Waals surface area contributed by atoms with Crippen LogP contribution >= 0.6 is 11.3 Å². The molecule has 1 N–H and O–H groups in total. The first-order chi connectivity index (χ1) is 17.7. The number of hydrogen-bond donors (Lipinski definition) is 1. The van der Waals surface area contributed by atoms with E-state index in [2.05, 4.69) is 59.4 Å². The third-order valence-electron chi connectivity index (χ3n) is 7.48. The standard InChI is InChI=1S/C30H31N3O2S/c1-3-20-10-14-22(15-11-20)31-30(34)33-19-25-24-7-4-5-9-27(24)36-29(25)32-18-6-8-26(32)28(33)21-12-16-23(35-2)17-13-21/h6,8,10-18,28H,3-5,7,9,19H2,1-2H3,(H,31,34). The number of urea groups is 1. The number of rotatable bonds is 4. The van der Waals surface area contributed by atoms with Gasteiger partial charge in [-0.3, -0.25) is 0 Å². The Morgan fingerprint density at radius 2 is 1.81 bits per heavy atom. The Kier molecular flexibility index (Phi) is 6.05. The largest absolute Gasteiger partial charge is 0.497 e. The maximum atomic E-state index is 14.0. The lowest BCUT2D eigenvalue weighted by molar-refractivity contribution is 0.194. The van der Waals surface area contributed by atoms with E-state index in [9.17, 15) is 4.79 Å². The molecule has 5 nitrogen and oxygen atoms in total. The number of nitrogens with one attached hydrogen (secondary N) is 1. The fourth-order valence-electron chi connectivity index (χ4n) is 5.54. The first-order valence-electron chi connectivity index (χ1n) is 12.8. The van der Waals surface area contributed by atoms with Gasteiger partial charge in [0.05, 0.1) is 25.4 Å². The molecule has 0 radical (unpaired) electrons. The van der Waals surface area contributed by atoms with E-state index in [-0.39, 0.29) is 12.1 Å². The van der Waals surface area contributed by atoms with Gasteiger partial charge in [0.25, 0.3) is 0 Å². The SMILES string of the molecule is CCc1ccc(NC(=O)N2Cc3c(sc4c3CCCC4)-n3cccc3C2c2ccc(OC)cc2)cc1. The second kappa shape index (κ2) is 9.51. The van der Waals surface area contributed by atoms with E-state index in [4.69, 9.17) is 4.74 Å². The van der Waals surface area contributed by atoms with E-state index < -0.39 is 0 Å². The van der Waals surface area contributed by atoms with Crippen LogP contribution in [-0.2, 0) is 25.8 Å². The van der Waals surface area contributed by atoms with E-state index >= 15 is 0 Å². The summed E-state index contributed by atoms with van der Waals surface area (Å²) in [5.41, 5.74) is 7.01. The van der Waals surface area contributed by atoms with E-state index in [1.807, 2.05) is 40.5 Å². The number of carbonyl (C=O) groups is 1. The van der Waals surface area contributed by atoms with Gasteiger partial charge in [0.15, 0.2) is 0 Å². The van der Waals surface area contributed by atoms with Crippen LogP contribution in [0.4, 0.5) is 10.5 Å². The van der Waals surface area contributed by atoms with Crippen molar-refractivity contribution in [3.63, 3.8) is 0 Å².